The van der Waals surface area contributed by atoms with Crippen molar-refractivity contribution < 1.29 is 17.9 Å². The van der Waals surface area contributed by atoms with Gasteiger partial charge in [0.2, 0.25) is 10.0 Å². The Morgan fingerprint density at radius 2 is 2.00 bits per heavy atom. The lowest BCUT2D eigenvalue weighted by Gasteiger charge is -2.16. The number of Topliss-reactive ketones (excluding diaryl/α,β-unsaturated/α-hetero) is 1. The number of halogens is 1. The number of carbonyl (C=O) groups excluding carboxylic acids is 1. The summed E-state index contributed by atoms with van der Waals surface area (Å²) < 4.78 is 33.5. The number of nitrogens with zero attached hydrogens (tertiary/aromatic N) is 1. The minimum Gasteiger partial charge on any atom is -0.496 e. The zero-order valence-corrected chi connectivity index (χ0v) is 21.8. The highest BCUT2D eigenvalue weighted by Crippen LogP contribution is 2.48. The number of rotatable bonds is 9. The van der Waals surface area contributed by atoms with Crippen LogP contribution in [0.1, 0.15) is 52.9 Å². The standard InChI is InChI=1S/C25H27BrN2O5S/c1-5-8-25(9-10-25)34(31,32)28-14-15(2)23-19(12-17(26)13-20(23)28)21(29)7-6-18-22(33-4)11-16(3)27-24(18)30/h5,11-14H,1,6-10H2,2-4H3,(H,27,30). The number of H-pyrrole nitrogens is 1. The number of benzene rings is 1. The zero-order valence-electron chi connectivity index (χ0n) is 19.4. The molecule has 0 aliphatic heterocycles. The lowest BCUT2D eigenvalue weighted by atomic mass is 9.98. The van der Waals surface area contributed by atoms with Crippen LogP contribution in [-0.4, -0.2) is 35.0 Å². The van der Waals surface area contributed by atoms with Gasteiger partial charge in [-0.3, -0.25) is 9.59 Å². The van der Waals surface area contributed by atoms with Crippen LogP contribution < -0.4 is 10.3 Å². The van der Waals surface area contributed by atoms with Crippen molar-refractivity contribution in [3.05, 3.63) is 74.3 Å². The summed E-state index contributed by atoms with van der Waals surface area (Å²) in [4.78, 5) is 28.5. The number of aryl methyl sites for hydroxylation is 2. The van der Waals surface area contributed by atoms with Gasteiger partial charge in [-0.05, 0) is 63.3 Å². The quantitative estimate of drug-likeness (QED) is 0.306. The number of aromatic amines is 1. The third kappa shape index (κ3) is 4.05. The topological polar surface area (TPSA) is 98.2 Å². The third-order valence-electron chi connectivity index (χ3n) is 6.51. The summed E-state index contributed by atoms with van der Waals surface area (Å²) >= 11 is 3.45. The number of aromatic nitrogens is 2. The molecule has 0 unspecified atom stereocenters. The van der Waals surface area contributed by atoms with E-state index in [2.05, 4.69) is 27.5 Å². The number of nitrogens with one attached hydrogen (secondary N) is 1. The first-order chi connectivity index (χ1) is 16.0. The molecule has 0 saturated heterocycles. The lowest BCUT2D eigenvalue weighted by molar-refractivity contribution is 0.0984. The van der Waals surface area contributed by atoms with Gasteiger partial charge in [-0.15, -0.1) is 6.58 Å². The minimum absolute atomic E-state index is 0.0752. The van der Waals surface area contributed by atoms with E-state index in [0.717, 1.165) is 0 Å². The smallest absolute Gasteiger partial charge is 0.255 e. The maximum Gasteiger partial charge on any atom is 0.255 e. The Hall–Kier alpha value is -2.65. The van der Waals surface area contributed by atoms with Gasteiger partial charge in [0.25, 0.3) is 5.56 Å². The summed E-state index contributed by atoms with van der Waals surface area (Å²) in [6, 6.07) is 5.17. The number of methoxy groups -OCH3 is 1. The van der Waals surface area contributed by atoms with Crippen LogP contribution in [0.4, 0.5) is 0 Å². The minimum atomic E-state index is -3.68. The maximum absolute atomic E-state index is 13.5. The van der Waals surface area contributed by atoms with Crippen molar-refractivity contribution in [3.8, 4) is 5.75 Å². The Bertz CT molecular complexity index is 1480. The Morgan fingerprint density at radius 1 is 1.29 bits per heavy atom. The van der Waals surface area contributed by atoms with Gasteiger partial charge in [-0.2, -0.15) is 0 Å². The number of ketones is 1. The van der Waals surface area contributed by atoms with E-state index in [4.69, 9.17) is 4.74 Å². The average Bonchev–Trinajstić information content (AvgIpc) is 3.49. The molecule has 34 heavy (non-hydrogen) atoms. The molecule has 0 radical (unpaired) electrons. The van der Waals surface area contributed by atoms with Crippen LogP contribution >= 0.6 is 15.9 Å². The largest absolute Gasteiger partial charge is 0.496 e. The molecule has 7 nitrogen and oxygen atoms in total. The van der Waals surface area contributed by atoms with Gasteiger partial charge in [0.15, 0.2) is 5.78 Å². The molecular formula is C25H27BrN2O5S. The highest BCUT2D eigenvalue weighted by molar-refractivity contribution is 9.10. The maximum atomic E-state index is 13.5. The first kappa shape index (κ1) is 24.5. The Balaban J connectivity index is 1.75. The van der Waals surface area contributed by atoms with Crippen molar-refractivity contribution in [2.75, 3.05) is 7.11 Å². The third-order valence-corrected chi connectivity index (χ3v) is 9.45. The molecule has 2 aromatic heterocycles. The van der Waals surface area contributed by atoms with Crippen LogP contribution in [0, 0.1) is 13.8 Å². The van der Waals surface area contributed by atoms with Crippen LogP contribution in [0.15, 0.2) is 46.3 Å². The average molecular weight is 547 g/mol. The number of hydrogen-bond donors (Lipinski definition) is 1. The van der Waals surface area contributed by atoms with Crippen molar-refractivity contribution in [2.24, 2.45) is 0 Å². The SMILES string of the molecule is C=CCC1(S(=O)(=O)n2cc(C)c3c(C(=O)CCc4c(OC)cc(C)[nH]c4=O)cc(Br)cc32)CC1. The van der Waals surface area contributed by atoms with Gasteiger partial charge in [0.1, 0.15) is 5.75 Å². The van der Waals surface area contributed by atoms with Crippen molar-refractivity contribution in [1.82, 2.24) is 8.96 Å². The fourth-order valence-corrected chi connectivity index (χ4v) is 7.08. The lowest BCUT2D eigenvalue weighted by Crippen LogP contribution is -2.28. The van der Waals surface area contributed by atoms with Gasteiger partial charge in [-0.25, -0.2) is 12.4 Å². The number of carbonyl (C=O) groups is 1. The summed E-state index contributed by atoms with van der Waals surface area (Å²) in [5, 5.41) is 0.607. The van der Waals surface area contributed by atoms with E-state index < -0.39 is 14.8 Å². The predicted molar refractivity (Wildman–Crippen MR) is 136 cm³/mol. The molecule has 1 aliphatic carbocycles. The monoisotopic (exact) mass is 546 g/mol. The molecule has 0 atom stereocenters. The number of fused-ring (bicyclic) bond motifs is 1. The first-order valence-corrected chi connectivity index (χ1v) is 13.2. The molecule has 1 fully saturated rings. The van der Waals surface area contributed by atoms with E-state index in [-0.39, 0.29) is 24.2 Å². The molecule has 9 heteroatoms. The molecule has 1 aliphatic rings. The van der Waals surface area contributed by atoms with Gasteiger partial charge in [-0.1, -0.05) is 22.0 Å². The summed E-state index contributed by atoms with van der Waals surface area (Å²) in [6.07, 6.45) is 5.09. The van der Waals surface area contributed by atoms with Crippen molar-refractivity contribution in [2.45, 2.75) is 50.7 Å². The van der Waals surface area contributed by atoms with E-state index in [0.29, 0.717) is 62.8 Å². The van der Waals surface area contributed by atoms with Crippen LogP contribution in [0.3, 0.4) is 0 Å². The first-order valence-electron chi connectivity index (χ1n) is 11.0. The molecule has 1 saturated carbocycles. The van der Waals surface area contributed by atoms with E-state index in [1.165, 1.54) is 11.1 Å². The van der Waals surface area contributed by atoms with Gasteiger partial charge >= 0.3 is 0 Å². The van der Waals surface area contributed by atoms with Gasteiger partial charge in [0, 0.05) is 33.7 Å². The summed E-state index contributed by atoms with van der Waals surface area (Å²) in [7, 11) is -2.19. The van der Waals surface area contributed by atoms with E-state index >= 15 is 0 Å². The molecule has 1 N–H and O–H groups in total. The molecule has 4 rings (SSSR count). The van der Waals surface area contributed by atoms with Crippen molar-refractivity contribution in [3.63, 3.8) is 0 Å². The zero-order chi connectivity index (χ0) is 24.8. The highest BCUT2D eigenvalue weighted by atomic mass is 79.9. The Kier molecular flexibility index (Phi) is 6.37. The molecule has 180 valence electrons. The van der Waals surface area contributed by atoms with Crippen molar-refractivity contribution >= 4 is 42.6 Å². The van der Waals surface area contributed by atoms with Crippen molar-refractivity contribution in [1.29, 1.82) is 0 Å². The van der Waals surface area contributed by atoms with E-state index in [1.54, 1.807) is 44.3 Å². The van der Waals surface area contributed by atoms with Gasteiger partial charge in [0.05, 0.1) is 22.9 Å². The van der Waals surface area contributed by atoms with E-state index in [9.17, 15) is 18.0 Å². The van der Waals surface area contributed by atoms with Crippen LogP contribution in [0.5, 0.6) is 5.75 Å². The Labute approximate surface area is 207 Å². The highest BCUT2D eigenvalue weighted by Gasteiger charge is 2.54. The fraction of sp³-hybridized carbons (Fsp3) is 0.360. The normalized spacial score (nSPS) is 14.8. The summed E-state index contributed by atoms with van der Waals surface area (Å²) in [5.74, 6) is 0.262. The van der Waals surface area contributed by atoms with Crippen LogP contribution in [0.2, 0.25) is 0 Å². The molecule has 0 spiro atoms. The van der Waals surface area contributed by atoms with Crippen LogP contribution in [-0.2, 0) is 16.4 Å². The fourth-order valence-electron chi connectivity index (χ4n) is 4.57. The second-order valence-electron chi connectivity index (χ2n) is 8.89. The molecule has 0 amide bonds. The molecule has 1 aromatic carbocycles. The Morgan fingerprint density at radius 3 is 2.62 bits per heavy atom. The van der Waals surface area contributed by atoms with Crippen LogP contribution in [0.25, 0.3) is 10.9 Å². The number of allylic oxidation sites excluding steroid dienone is 1. The van der Waals surface area contributed by atoms with E-state index in [1.807, 2.05) is 0 Å². The second-order valence-corrected chi connectivity index (χ2v) is 12.0. The predicted octanol–water partition coefficient (Wildman–Crippen LogP) is 4.82. The summed E-state index contributed by atoms with van der Waals surface area (Å²) in [5.41, 5.74) is 2.39. The molecule has 0 bridgehead atoms. The summed E-state index contributed by atoms with van der Waals surface area (Å²) in [6.45, 7) is 7.29. The molecular weight excluding hydrogens is 520 g/mol. The number of hydrogen-bond acceptors (Lipinski definition) is 5. The molecule has 3 aromatic rings. The molecule has 2 heterocycles. The number of ether oxygens (including phenoxy) is 1. The van der Waals surface area contributed by atoms with Gasteiger partial charge < -0.3 is 9.72 Å². The second kappa shape index (κ2) is 8.85. The number of pyridine rings is 1.